The molecule has 0 aliphatic carbocycles. The first-order valence-corrected chi connectivity index (χ1v) is 8.52. The monoisotopic (exact) mass is 329 g/mol. The van der Waals surface area contributed by atoms with Crippen molar-refractivity contribution in [3.05, 3.63) is 52.0 Å². The van der Waals surface area contributed by atoms with Crippen molar-refractivity contribution >= 4 is 23.2 Å². The predicted molar refractivity (Wildman–Crippen MR) is 89.2 cm³/mol. The zero-order valence-corrected chi connectivity index (χ0v) is 13.9. The van der Waals surface area contributed by atoms with Gasteiger partial charge in [0.05, 0.1) is 11.7 Å². The van der Waals surface area contributed by atoms with E-state index in [4.69, 9.17) is 0 Å². The number of nitrogens with zero attached hydrogens (tertiary/aromatic N) is 3. The van der Waals surface area contributed by atoms with Crippen molar-refractivity contribution in [1.29, 1.82) is 0 Å². The molecule has 2 aromatic rings. The quantitative estimate of drug-likeness (QED) is 0.868. The summed E-state index contributed by atoms with van der Waals surface area (Å²) in [4.78, 5) is 32.9. The highest BCUT2D eigenvalue weighted by Gasteiger charge is 2.25. The third-order valence-corrected chi connectivity index (χ3v) is 4.74. The van der Waals surface area contributed by atoms with Crippen LogP contribution in [0.1, 0.15) is 27.2 Å². The highest BCUT2D eigenvalue weighted by molar-refractivity contribution is 7.11. The Kier molecular flexibility index (Phi) is 4.71. The standard InChI is InChI=1S/C17H19N3O2S/c1-13-3-2-4-14(9-13)11-20-8-7-19(6-5-16(20)21)17(22)15-10-18-12-23-15/h2-4,9-10,12H,5-8,11H2,1H3. The van der Waals surface area contributed by atoms with Gasteiger partial charge in [0.25, 0.3) is 5.91 Å². The van der Waals surface area contributed by atoms with E-state index in [1.165, 1.54) is 16.9 Å². The van der Waals surface area contributed by atoms with Crippen molar-refractivity contribution in [2.24, 2.45) is 0 Å². The molecule has 2 amide bonds. The van der Waals surface area contributed by atoms with Crippen LogP contribution in [0.4, 0.5) is 0 Å². The second-order valence-corrected chi connectivity index (χ2v) is 6.60. The van der Waals surface area contributed by atoms with E-state index in [0.29, 0.717) is 37.5 Å². The van der Waals surface area contributed by atoms with Crippen LogP contribution in [0.15, 0.2) is 36.0 Å². The average molecular weight is 329 g/mol. The van der Waals surface area contributed by atoms with E-state index in [1.807, 2.05) is 30.0 Å². The molecule has 0 spiro atoms. The lowest BCUT2D eigenvalue weighted by molar-refractivity contribution is -0.130. The van der Waals surface area contributed by atoms with Crippen LogP contribution >= 0.6 is 11.3 Å². The van der Waals surface area contributed by atoms with Gasteiger partial charge in [0.15, 0.2) is 0 Å². The number of aromatic nitrogens is 1. The van der Waals surface area contributed by atoms with Gasteiger partial charge in [0, 0.05) is 32.6 Å². The van der Waals surface area contributed by atoms with Gasteiger partial charge >= 0.3 is 0 Å². The van der Waals surface area contributed by atoms with E-state index in [0.717, 1.165) is 5.56 Å². The Morgan fingerprint density at radius 3 is 2.91 bits per heavy atom. The maximum absolute atomic E-state index is 12.4. The summed E-state index contributed by atoms with van der Waals surface area (Å²) in [6.45, 7) is 4.25. The van der Waals surface area contributed by atoms with Gasteiger partial charge in [0.1, 0.15) is 4.88 Å². The zero-order valence-electron chi connectivity index (χ0n) is 13.1. The smallest absolute Gasteiger partial charge is 0.265 e. The summed E-state index contributed by atoms with van der Waals surface area (Å²) in [5, 5.41) is 0. The van der Waals surface area contributed by atoms with E-state index in [1.54, 1.807) is 16.6 Å². The zero-order chi connectivity index (χ0) is 16.2. The number of hydrogen-bond acceptors (Lipinski definition) is 4. The molecule has 0 bridgehead atoms. The number of thiazole rings is 1. The molecule has 0 saturated carbocycles. The first kappa shape index (κ1) is 15.7. The van der Waals surface area contributed by atoms with Gasteiger partial charge in [-0.15, -0.1) is 11.3 Å². The molecule has 0 radical (unpaired) electrons. The fourth-order valence-corrected chi connectivity index (χ4v) is 3.33. The van der Waals surface area contributed by atoms with Crippen LogP contribution in [-0.4, -0.2) is 46.2 Å². The number of carbonyl (C=O) groups excluding carboxylic acids is 2. The summed E-state index contributed by atoms with van der Waals surface area (Å²) in [5.74, 6) is 0.0730. The molecule has 1 aromatic carbocycles. The maximum Gasteiger partial charge on any atom is 0.265 e. The molecule has 2 heterocycles. The van der Waals surface area contributed by atoms with Gasteiger partial charge < -0.3 is 9.80 Å². The van der Waals surface area contributed by atoms with Crippen molar-refractivity contribution in [3.8, 4) is 0 Å². The Bertz CT molecular complexity index is 700. The molecule has 1 fully saturated rings. The molecular formula is C17H19N3O2S. The molecule has 23 heavy (non-hydrogen) atoms. The van der Waals surface area contributed by atoms with Gasteiger partial charge in [-0.1, -0.05) is 29.8 Å². The molecule has 120 valence electrons. The topological polar surface area (TPSA) is 53.5 Å². The molecular weight excluding hydrogens is 310 g/mol. The second kappa shape index (κ2) is 6.91. The fourth-order valence-electron chi connectivity index (χ4n) is 2.75. The minimum atomic E-state index is -0.0299. The number of benzene rings is 1. The Morgan fingerprint density at radius 2 is 2.17 bits per heavy atom. The lowest BCUT2D eigenvalue weighted by atomic mass is 10.1. The predicted octanol–water partition coefficient (Wildman–Crippen LogP) is 2.33. The molecule has 5 nitrogen and oxygen atoms in total. The first-order valence-electron chi connectivity index (χ1n) is 7.64. The van der Waals surface area contributed by atoms with Crippen LogP contribution in [0.3, 0.4) is 0 Å². The highest BCUT2D eigenvalue weighted by atomic mass is 32.1. The van der Waals surface area contributed by atoms with Crippen molar-refractivity contribution in [1.82, 2.24) is 14.8 Å². The lowest BCUT2D eigenvalue weighted by Crippen LogP contribution is -2.35. The van der Waals surface area contributed by atoms with E-state index in [-0.39, 0.29) is 11.8 Å². The molecule has 1 aliphatic rings. The van der Waals surface area contributed by atoms with Crippen LogP contribution in [0.2, 0.25) is 0 Å². The molecule has 0 N–H and O–H groups in total. The number of amides is 2. The van der Waals surface area contributed by atoms with E-state index in [2.05, 4.69) is 11.1 Å². The Morgan fingerprint density at radius 1 is 1.30 bits per heavy atom. The summed E-state index contributed by atoms with van der Waals surface area (Å²) in [5.41, 5.74) is 3.97. The SMILES string of the molecule is Cc1cccc(CN2CCN(C(=O)c3cncs3)CCC2=O)c1. The van der Waals surface area contributed by atoms with E-state index >= 15 is 0 Å². The highest BCUT2D eigenvalue weighted by Crippen LogP contribution is 2.15. The summed E-state index contributed by atoms with van der Waals surface area (Å²) >= 11 is 1.34. The van der Waals surface area contributed by atoms with Crippen LogP contribution in [0.25, 0.3) is 0 Å². The Balaban J connectivity index is 1.66. The number of carbonyl (C=O) groups is 2. The molecule has 1 aliphatic heterocycles. The van der Waals surface area contributed by atoms with E-state index in [9.17, 15) is 9.59 Å². The molecule has 0 unspecified atom stereocenters. The number of aryl methyl sites for hydroxylation is 1. The normalized spacial score (nSPS) is 15.6. The molecule has 6 heteroatoms. The third kappa shape index (κ3) is 3.76. The molecule has 0 atom stereocenters. The second-order valence-electron chi connectivity index (χ2n) is 5.71. The Labute approximate surface area is 139 Å². The van der Waals surface area contributed by atoms with E-state index < -0.39 is 0 Å². The molecule has 3 rings (SSSR count). The summed E-state index contributed by atoms with van der Waals surface area (Å²) in [6, 6.07) is 8.18. The van der Waals surface area contributed by atoms with Gasteiger partial charge in [-0.3, -0.25) is 14.6 Å². The minimum absolute atomic E-state index is 0.0299. The number of rotatable bonds is 3. The largest absolute Gasteiger partial charge is 0.337 e. The lowest BCUT2D eigenvalue weighted by Gasteiger charge is -2.22. The van der Waals surface area contributed by atoms with Crippen molar-refractivity contribution in [2.75, 3.05) is 19.6 Å². The summed E-state index contributed by atoms with van der Waals surface area (Å²) in [6.07, 6.45) is 1.96. The number of hydrogen-bond donors (Lipinski definition) is 0. The summed E-state index contributed by atoms with van der Waals surface area (Å²) in [7, 11) is 0. The summed E-state index contributed by atoms with van der Waals surface area (Å²) < 4.78 is 0. The molecule has 1 aromatic heterocycles. The van der Waals surface area contributed by atoms with Crippen molar-refractivity contribution in [2.45, 2.75) is 19.9 Å². The van der Waals surface area contributed by atoms with Gasteiger partial charge in [0.2, 0.25) is 5.91 Å². The third-order valence-electron chi connectivity index (χ3n) is 3.97. The fraction of sp³-hybridized carbons (Fsp3) is 0.353. The van der Waals surface area contributed by atoms with Gasteiger partial charge in [-0.05, 0) is 12.5 Å². The van der Waals surface area contributed by atoms with Crippen molar-refractivity contribution in [3.63, 3.8) is 0 Å². The van der Waals surface area contributed by atoms with Crippen molar-refractivity contribution < 1.29 is 9.59 Å². The average Bonchev–Trinajstić information content (AvgIpc) is 3.01. The van der Waals surface area contributed by atoms with Crippen LogP contribution in [-0.2, 0) is 11.3 Å². The van der Waals surface area contributed by atoms with Crippen LogP contribution < -0.4 is 0 Å². The van der Waals surface area contributed by atoms with Crippen LogP contribution in [0.5, 0.6) is 0 Å². The minimum Gasteiger partial charge on any atom is -0.337 e. The van der Waals surface area contributed by atoms with Crippen LogP contribution in [0, 0.1) is 6.92 Å². The first-order chi connectivity index (χ1) is 11.1. The van der Waals surface area contributed by atoms with Gasteiger partial charge in [-0.2, -0.15) is 0 Å². The van der Waals surface area contributed by atoms with Gasteiger partial charge in [-0.25, -0.2) is 0 Å². The Hall–Kier alpha value is -2.21. The maximum atomic E-state index is 12.4. The molecule has 1 saturated heterocycles.